The van der Waals surface area contributed by atoms with Crippen molar-refractivity contribution in [1.29, 1.82) is 0 Å². The first-order valence-corrected chi connectivity index (χ1v) is 14.2. The molecule has 4 aromatic carbocycles. The third kappa shape index (κ3) is 6.81. The smallest absolute Gasteiger partial charge is 0.264 e. The van der Waals surface area contributed by atoms with Crippen molar-refractivity contribution in [1.82, 2.24) is 5.43 Å². The lowest BCUT2D eigenvalue weighted by atomic mass is 10.1. The molecule has 0 bridgehead atoms. The highest BCUT2D eigenvalue weighted by molar-refractivity contribution is 7.92. The molecule has 2 N–H and O–H groups in total. The molecule has 2 amide bonds. The normalized spacial score (nSPS) is 11.5. The predicted molar refractivity (Wildman–Crippen MR) is 158 cm³/mol. The molecule has 0 saturated carbocycles. The van der Waals surface area contributed by atoms with Crippen molar-refractivity contribution in [3.05, 3.63) is 126 Å². The maximum atomic E-state index is 13.6. The van der Waals surface area contributed by atoms with Crippen molar-refractivity contribution in [3.8, 4) is 0 Å². The maximum Gasteiger partial charge on any atom is 0.264 e. The molecule has 40 heavy (non-hydrogen) atoms. The monoisotopic (exact) mass is 554 g/mol. The zero-order valence-corrected chi connectivity index (χ0v) is 23.1. The number of hydrogen-bond acceptors (Lipinski definition) is 5. The Morgan fingerprint density at radius 2 is 1.43 bits per heavy atom. The molecule has 0 spiro atoms. The molecule has 0 aliphatic rings. The molecule has 4 rings (SSSR count). The van der Waals surface area contributed by atoms with Crippen molar-refractivity contribution in [3.63, 3.8) is 0 Å². The fourth-order valence-electron chi connectivity index (χ4n) is 4.06. The summed E-state index contributed by atoms with van der Waals surface area (Å²) >= 11 is 0. The van der Waals surface area contributed by atoms with Crippen LogP contribution in [0.1, 0.15) is 35.3 Å². The molecule has 0 aromatic heterocycles. The zero-order chi connectivity index (χ0) is 28.5. The Labute approximate surface area is 234 Å². The summed E-state index contributed by atoms with van der Waals surface area (Å²) in [7, 11) is -4.03. The second-order valence-corrected chi connectivity index (χ2v) is 10.8. The standard InChI is InChI=1S/C31H30N4O4S/c1-3-24-13-10-11-20-29(24)35(40(38,39)28-18-8-5-9-19-28)22-30(36)34-33-23(2)26-16-12-17-27(21-26)32-31(37)25-14-6-4-7-15-25/h4-21H,3,22H2,1-2H3,(H,32,37)(H,34,36)/b33-23-. The van der Waals surface area contributed by atoms with Crippen LogP contribution in [0.4, 0.5) is 11.4 Å². The van der Waals surface area contributed by atoms with Crippen molar-refractivity contribution >= 4 is 38.9 Å². The van der Waals surface area contributed by atoms with Crippen molar-refractivity contribution in [2.75, 3.05) is 16.2 Å². The van der Waals surface area contributed by atoms with Crippen LogP contribution in [0.25, 0.3) is 0 Å². The van der Waals surface area contributed by atoms with Crippen LogP contribution in [-0.2, 0) is 21.2 Å². The number of aryl methyl sites for hydroxylation is 1. The Kier molecular flexibility index (Phi) is 9.08. The van der Waals surface area contributed by atoms with Gasteiger partial charge in [0, 0.05) is 11.3 Å². The van der Waals surface area contributed by atoms with E-state index < -0.39 is 22.5 Å². The first-order chi connectivity index (χ1) is 19.3. The first kappa shape index (κ1) is 28.3. The summed E-state index contributed by atoms with van der Waals surface area (Å²) in [5.74, 6) is -0.842. The zero-order valence-electron chi connectivity index (χ0n) is 22.2. The van der Waals surface area contributed by atoms with Crippen molar-refractivity contribution in [2.24, 2.45) is 5.10 Å². The highest BCUT2D eigenvalue weighted by Gasteiger charge is 2.28. The highest BCUT2D eigenvalue weighted by Crippen LogP contribution is 2.27. The van der Waals surface area contributed by atoms with E-state index >= 15 is 0 Å². The number of para-hydroxylation sites is 1. The quantitative estimate of drug-likeness (QED) is 0.207. The molecule has 0 heterocycles. The van der Waals surface area contributed by atoms with Gasteiger partial charge in [0.1, 0.15) is 6.54 Å². The van der Waals surface area contributed by atoms with Crippen molar-refractivity contribution < 1.29 is 18.0 Å². The molecular weight excluding hydrogens is 524 g/mol. The molecule has 0 fully saturated rings. The van der Waals surface area contributed by atoms with Crippen LogP contribution in [-0.4, -0.2) is 32.5 Å². The van der Waals surface area contributed by atoms with Crippen LogP contribution in [0.5, 0.6) is 0 Å². The van der Waals surface area contributed by atoms with E-state index in [2.05, 4.69) is 15.8 Å². The molecule has 8 nitrogen and oxygen atoms in total. The van der Waals surface area contributed by atoms with Gasteiger partial charge in [-0.3, -0.25) is 13.9 Å². The molecule has 0 atom stereocenters. The molecule has 204 valence electrons. The van der Waals surface area contributed by atoms with Gasteiger partial charge in [0.25, 0.3) is 21.8 Å². The first-order valence-electron chi connectivity index (χ1n) is 12.7. The molecular formula is C31H30N4O4S. The number of benzene rings is 4. The van der Waals surface area contributed by atoms with Crippen LogP contribution >= 0.6 is 0 Å². The summed E-state index contributed by atoms with van der Waals surface area (Å²) in [5.41, 5.74) is 5.98. The van der Waals surface area contributed by atoms with E-state index in [0.29, 0.717) is 34.6 Å². The molecule has 9 heteroatoms. The fourth-order valence-corrected chi connectivity index (χ4v) is 5.54. The Morgan fingerprint density at radius 3 is 2.12 bits per heavy atom. The van der Waals surface area contributed by atoms with Gasteiger partial charge in [0.2, 0.25) is 0 Å². The summed E-state index contributed by atoms with van der Waals surface area (Å²) in [5, 5.41) is 7.05. The number of amides is 2. The minimum atomic E-state index is -4.03. The summed E-state index contributed by atoms with van der Waals surface area (Å²) < 4.78 is 28.3. The lowest BCUT2D eigenvalue weighted by Gasteiger charge is -2.25. The van der Waals surface area contributed by atoms with E-state index in [1.807, 2.05) is 25.1 Å². The van der Waals surface area contributed by atoms with E-state index in [-0.39, 0.29) is 10.8 Å². The van der Waals surface area contributed by atoms with Gasteiger partial charge < -0.3 is 5.32 Å². The Morgan fingerprint density at radius 1 is 0.800 bits per heavy atom. The lowest BCUT2D eigenvalue weighted by Crippen LogP contribution is -2.40. The van der Waals surface area contributed by atoms with E-state index in [1.165, 1.54) is 12.1 Å². The SMILES string of the molecule is CCc1ccccc1N(CC(=O)N/N=C(/C)c1cccc(NC(=O)c2ccccc2)c1)S(=O)(=O)c1ccccc1. The van der Waals surface area contributed by atoms with Gasteiger partial charge in [-0.05, 0) is 66.9 Å². The number of nitrogens with zero attached hydrogens (tertiary/aromatic N) is 2. The van der Waals surface area contributed by atoms with Gasteiger partial charge in [-0.25, -0.2) is 13.8 Å². The fraction of sp³-hybridized carbons (Fsp3) is 0.129. The summed E-state index contributed by atoms with van der Waals surface area (Å²) in [4.78, 5) is 25.6. The van der Waals surface area contributed by atoms with Crippen LogP contribution in [0.2, 0.25) is 0 Å². The Balaban J connectivity index is 1.52. The number of carbonyl (C=O) groups is 2. The third-order valence-electron chi connectivity index (χ3n) is 6.18. The number of nitrogens with one attached hydrogen (secondary N) is 2. The number of sulfonamides is 1. The average molecular weight is 555 g/mol. The topological polar surface area (TPSA) is 108 Å². The highest BCUT2D eigenvalue weighted by atomic mass is 32.2. The maximum absolute atomic E-state index is 13.6. The minimum Gasteiger partial charge on any atom is -0.322 e. The van der Waals surface area contributed by atoms with Crippen LogP contribution < -0.4 is 15.0 Å². The van der Waals surface area contributed by atoms with Crippen LogP contribution in [0.15, 0.2) is 119 Å². The Bertz CT molecular complexity index is 1620. The van der Waals surface area contributed by atoms with Crippen molar-refractivity contribution in [2.45, 2.75) is 25.2 Å². The molecule has 0 radical (unpaired) electrons. The summed E-state index contributed by atoms with van der Waals surface area (Å²) in [6.45, 7) is 3.18. The van der Waals surface area contributed by atoms with Gasteiger partial charge in [-0.2, -0.15) is 5.10 Å². The molecule has 0 aliphatic heterocycles. The number of carbonyl (C=O) groups excluding carboxylic acids is 2. The number of anilines is 2. The average Bonchev–Trinajstić information content (AvgIpc) is 2.99. The number of rotatable bonds is 10. The van der Waals surface area contributed by atoms with Gasteiger partial charge in [-0.15, -0.1) is 0 Å². The number of hydrazone groups is 1. The largest absolute Gasteiger partial charge is 0.322 e. The lowest BCUT2D eigenvalue weighted by molar-refractivity contribution is -0.119. The van der Waals surface area contributed by atoms with E-state index in [0.717, 1.165) is 9.87 Å². The van der Waals surface area contributed by atoms with E-state index in [1.54, 1.807) is 85.8 Å². The number of hydrogen-bond donors (Lipinski definition) is 2. The van der Waals surface area contributed by atoms with Gasteiger partial charge in [0.15, 0.2) is 0 Å². The van der Waals surface area contributed by atoms with E-state index in [4.69, 9.17) is 0 Å². The van der Waals surface area contributed by atoms with Crippen LogP contribution in [0.3, 0.4) is 0 Å². The minimum absolute atomic E-state index is 0.0859. The molecule has 0 saturated heterocycles. The van der Waals surface area contributed by atoms with Gasteiger partial charge >= 0.3 is 0 Å². The van der Waals surface area contributed by atoms with Gasteiger partial charge in [0.05, 0.1) is 16.3 Å². The predicted octanol–water partition coefficient (Wildman–Crippen LogP) is 5.24. The molecule has 0 unspecified atom stereocenters. The Hall–Kier alpha value is -4.76. The molecule has 0 aliphatic carbocycles. The molecule has 4 aromatic rings. The summed E-state index contributed by atoms with van der Waals surface area (Å²) in [6.07, 6.45) is 0.590. The van der Waals surface area contributed by atoms with Crippen LogP contribution in [0, 0.1) is 0 Å². The second-order valence-electron chi connectivity index (χ2n) is 8.94. The summed E-state index contributed by atoms with van der Waals surface area (Å²) in [6, 6.07) is 31.1. The van der Waals surface area contributed by atoms with E-state index in [9.17, 15) is 18.0 Å². The second kappa shape index (κ2) is 12.9. The van der Waals surface area contributed by atoms with Gasteiger partial charge in [-0.1, -0.05) is 73.7 Å². The third-order valence-corrected chi connectivity index (χ3v) is 7.96.